The Labute approximate surface area is 116 Å². The zero-order valence-corrected chi connectivity index (χ0v) is 11.1. The van der Waals surface area contributed by atoms with E-state index in [4.69, 9.17) is 5.11 Å². The summed E-state index contributed by atoms with van der Waals surface area (Å²) in [5.74, 6) is -0.439. The van der Waals surface area contributed by atoms with Crippen LogP contribution in [0.1, 0.15) is 25.7 Å². The minimum absolute atomic E-state index is 0.148. The predicted molar refractivity (Wildman–Crippen MR) is 72.7 cm³/mol. The zero-order valence-electron chi connectivity index (χ0n) is 11.1. The first-order valence-electron chi connectivity index (χ1n) is 6.63. The molecule has 0 saturated carbocycles. The first-order valence-corrected chi connectivity index (χ1v) is 6.63. The van der Waals surface area contributed by atoms with Gasteiger partial charge in [0, 0.05) is 25.6 Å². The number of nitrogens with zero attached hydrogens (tertiary/aromatic N) is 3. The summed E-state index contributed by atoms with van der Waals surface area (Å²) in [4.78, 5) is 26.5. The fraction of sp³-hybridized carbons (Fsp3) is 0.538. The quantitative estimate of drug-likeness (QED) is 0.654. The number of carbonyl (C=O) groups is 1. The van der Waals surface area contributed by atoms with Crippen molar-refractivity contribution in [2.45, 2.75) is 25.7 Å². The van der Waals surface area contributed by atoms with Crippen molar-refractivity contribution in [2.75, 3.05) is 18.0 Å². The molecule has 1 aliphatic heterocycles. The second-order valence-electron chi connectivity index (χ2n) is 4.99. The average Bonchev–Trinajstić information content (AvgIpc) is 2.46. The largest absolute Gasteiger partial charge is 0.481 e. The van der Waals surface area contributed by atoms with Crippen LogP contribution in [0.4, 0.5) is 11.5 Å². The Morgan fingerprint density at radius 2 is 2.15 bits per heavy atom. The molecule has 1 saturated heterocycles. The van der Waals surface area contributed by atoms with Crippen molar-refractivity contribution in [2.24, 2.45) is 5.92 Å². The fourth-order valence-corrected chi connectivity index (χ4v) is 2.48. The molecule has 0 aliphatic carbocycles. The standard InChI is InChI=1S/C13H17N3O4/c17-13(18)4-1-10-5-7-15(8-6-10)11-2-3-12(14-9-11)16(19)20/h2-3,9-10H,1,4-8H2,(H,17,18). The Morgan fingerprint density at radius 1 is 1.45 bits per heavy atom. The van der Waals surface area contributed by atoms with E-state index in [1.54, 1.807) is 6.07 Å². The van der Waals surface area contributed by atoms with Gasteiger partial charge in [-0.2, -0.15) is 0 Å². The normalized spacial score (nSPS) is 16.1. The monoisotopic (exact) mass is 279 g/mol. The molecule has 1 aromatic rings. The van der Waals surface area contributed by atoms with Crippen molar-refractivity contribution in [3.63, 3.8) is 0 Å². The summed E-state index contributed by atoms with van der Waals surface area (Å²) in [5, 5.41) is 19.2. The van der Waals surface area contributed by atoms with Crippen LogP contribution in [0.5, 0.6) is 0 Å². The Morgan fingerprint density at radius 3 is 2.65 bits per heavy atom. The lowest BCUT2D eigenvalue weighted by atomic mass is 9.92. The molecule has 20 heavy (non-hydrogen) atoms. The van der Waals surface area contributed by atoms with Crippen LogP contribution in [0.2, 0.25) is 0 Å². The molecule has 7 heteroatoms. The lowest BCUT2D eigenvalue weighted by Crippen LogP contribution is -2.33. The summed E-state index contributed by atoms with van der Waals surface area (Å²) in [6.45, 7) is 1.67. The van der Waals surface area contributed by atoms with Crippen molar-refractivity contribution in [1.29, 1.82) is 0 Å². The van der Waals surface area contributed by atoms with Crippen LogP contribution in [0, 0.1) is 16.0 Å². The number of carboxylic acids is 1. The van der Waals surface area contributed by atoms with Gasteiger partial charge in [0.25, 0.3) is 0 Å². The van der Waals surface area contributed by atoms with Crippen molar-refractivity contribution in [3.05, 3.63) is 28.4 Å². The van der Waals surface area contributed by atoms with Gasteiger partial charge in [-0.1, -0.05) is 0 Å². The molecule has 0 unspecified atom stereocenters. The maximum absolute atomic E-state index is 10.5. The molecule has 7 nitrogen and oxygen atoms in total. The molecule has 0 radical (unpaired) electrons. The van der Waals surface area contributed by atoms with Crippen LogP contribution in [0.25, 0.3) is 0 Å². The van der Waals surface area contributed by atoms with Crippen LogP contribution in [-0.2, 0) is 4.79 Å². The van der Waals surface area contributed by atoms with E-state index in [1.165, 1.54) is 12.3 Å². The van der Waals surface area contributed by atoms with Gasteiger partial charge in [0.05, 0.1) is 5.69 Å². The second kappa shape index (κ2) is 6.31. The van der Waals surface area contributed by atoms with E-state index in [9.17, 15) is 14.9 Å². The van der Waals surface area contributed by atoms with Gasteiger partial charge in [0.2, 0.25) is 0 Å². The number of carboxylic acid groups (broad SMARTS) is 1. The number of hydrogen-bond acceptors (Lipinski definition) is 5. The number of nitro groups is 1. The number of anilines is 1. The Balaban J connectivity index is 1.87. The molecule has 108 valence electrons. The molecule has 0 aromatic carbocycles. The third kappa shape index (κ3) is 3.66. The van der Waals surface area contributed by atoms with Gasteiger partial charge in [-0.15, -0.1) is 0 Å². The van der Waals surface area contributed by atoms with Crippen LogP contribution in [0.3, 0.4) is 0 Å². The molecule has 0 atom stereocenters. The Hall–Kier alpha value is -2.18. The summed E-state index contributed by atoms with van der Waals surface area (Å²) >= 11 is 0. The molecule has 0 amide bonds. The zero-order chi connectivity index (χ0) is 14.5. The van der Waals surface area contributed by atoms with E-state index in [2.05, 4.69) is 9.88 Å². The Kier molecular flexibility index (Phi) is 4.49. The van der Waals surface area contributed by atoms with Gasteiger partial charge < -0.3 is 20.1 Å². The number of hydrogen-bond donors (Lipinski definition) is 1. The van der Waals surface area contributed by atoms with Gasteiger partial charge in [0.1, 0.15) is 0 Å². The topological polar surface area (TPSA) is 96.6 Å². The predicted octanol–water partition coefficient (Wildman–Crippen LogP) is 2.07. The van der Waals surface area contributed by atoms with E-state index >= 15 is 0 Å². The van der Waals surface area contributed by atoms with Crippen LogP contribution in [-0.4, -0.2) is 34.1 Å². The van der Waals surface area contributed by atoms with Crippen LogP contribution >= 0.6 is 0 Å². The van der Waals surface area contributed by atoms with E-state index in [1.807, 2.05) is 0 Å². The van der Waals surface area contributed by atoms with Crippen molar-refractivity contribution >= 4 is 17.5 Å². The van der Waals surface area contributed by atoms with Gasteiger partial charge in [0.15, 0.2) is 6.20 Å². The average molecular weight is 279 g/mol. The summed E-state index contributed by atoms with van der Waals surface area (Å²) in [6, 6.07) is 3.12. The molecule has 1 aliphatic rings. The fourth-order valence-electron chi connectivity index (χ4n) is 2.48. The highest BCUT2D eigenvalue weighted by Crippen LogP contribution is 2.26. The Bertz CT molecular complexity index is 481. The molecule has 2 rings (SSSR count). The molecule has 0 bridgehead atoms. The molecule has 2 heterocycles. The lowest BCUT2D eigenvalue weighted by Gasteiger charge is -2.32. The number of rotatable bonds is 5. The summed E-state index contributed by atoms with van der Waals surface area (Å²) in [6.07, 6.45) is 4.37. The maximum Gasteiger partial charge on any atom is 0.363 e. The molecular weight excluding hydrogens is 262 g/mol. The molecule has 1 fully saturated rings. The lowest BCUT2D eigenvalue weighted by molar-refractivity contribution is -0.389. The van der Waals surface area contributed by atoms with Gasteiger partial charge in [-0.25, -0.2) is 0 Å². The van der Waals surface area contributed by atoms with Gasteiger partial charge >= 0.3 is 11.8 Å². The summed E-state index contributed by atoms with van der Waals surface area (Å²) in [5.41, 5.74) is 0.882. The van der Waals surface area contributed by atoms with Crippen molar-refractivity contribution in [1.82, 2.24) is 4.98 Å². The second-order valence-corrected chi connectivity index (χ2v) is 4.99. The highest BCUT2D eigenvalue weighted by Gasteiger charge is 2.21. The number of piperidine rings is 1. The minimum Gasteiger partial charge on any atom is -0.481 e. The third-order valence-electron chi connectivity index (χ3n) is 3.67. The van der Waals surface area contributed by atoms with Crippen LogP contribution < -0.4 is 4.90 Å². The number of aromatic nitrogens is 1. The first-order chi connectivity index (χ1) is 9.56. The molecular formula is C13H17N3O4. The van der Waals surface area contributed by atoms with Crippen LogP contribution in [0.15, 0.2) is 18.3 Å². The van der Waals surface area contributed by atoms with Crippen molar-refractivity contribution < 1.29 is 14.8 Å². The summed E-state index contributed by atoms with van der Waals surface area (Å²) in [7, 11) is 0. The van der Waals surface area contributed by atoms with E-state index in [0.29, 0.717) is 5.92 Å². The third-order valence-corrected chi connectivity index (χ3v) is 3.67. The highest BCUT2D eigenvalue weighted by molar-refractivity contribution is 5.66. The summed E-state index contributed by atoms with van der Waals surface area (Å²) < 4.78 is 0. The first kappa shape index (κ1) is 14.2. The highest BCUT2D eigenvalue weighted by atomic mass is 16.6. The number of aliphatic carboxylic acids is 1. The smallest absolute Gasteiger partial charge is 0.363 e. The number of pyridine rings is 1. The van der Waals surface area contributed by atoms with Crippen molar-refractivity contribution in [3.8, 4) is 0 Å². The van der Waals surface area contributed by atoms with E-state index in [0.717, 1.165) is 38.0 Å². The van der Waals surface area contributed by atoms with E-state index < -0.39 is 10.9 Å². The molecule has 1 N–H and O–H groups in total. The SMILES string of the molecule is O=C(O)CCC1CCN(c2ccc([N+](=O)[O-])nc2)CC1. The molecule has 1 aromatic heterocycles. The van der Waals surface area contributed by atoms with E-state index in [-0.39, 0.29) is 12.2 Å². The maximum atomic E-state index is 10.5. The van der Waals surface area contributed by atoms with Gasteiger partial charge in [-0.05, 0) is 41.2 Å². The minimum atomic E-state index is -0.744. The molecule has 0 spiro atoms. The van der Waals surface area contributed by atoms with Gasteiger partial charge in [-0.3, -0.25) is 4.79 Å².